The fraction of sp³-hybridized carbons (Fsp3) is 0.714. The Bertz CT molecular complexity index is 319. The first-order valence-corrected chi connectivity index (χ1v) is 4.52. The average molecular weight is 202 g/mol. The quantitative estimate of drug-likeness (QED) is 0.718. The highest BCUT2D eigenvalue weighted by molar-refractivity contribution is 7.71. The number of methoxy groups -OCH3 is 1. The normalized spacial score (nSPS) is 13.1. The summed E-state index contributed by atoms with van der Waals surface area (Å²) >= 11 is 5.04. The van der Waals surface area contributed by atoms with Gasteiger partial charge in [0.15, 0.2) is 4.77 Å². The lowest BCUT2D eigenvalue weighted by molar-refractivity contribution is 0.153. The average Bonchev–Trinajstić information content (AvgIpc) is 2.43. The van der Waals surface area contributed by atoms with Crippen molar-refractivity contribution in [1.29, 1.82) is 0 Å². The minimum atomic E-state index is 0.163. The summed E-state index contributed by atoms with van der Waals surface area (Å²) in [7, 11) is 1.66. The summed E-state index contributed by atoms with van der Waals surface area (Å²) in [5, 5.41) is 6.48. The van der Waals surface area contributed by atoms with Crippen molar-refractivity contribution >= 4 is 18.2 Å². The van der Waals surface area contributed by atoms with E-state index >= 15 is 0 Å². The Labute approximate surface area is 81.9 Å². The Morgan fingerprint density at radius 3 is 2.85 bits per heavy atom. The molecule has 6 heteroatoms. The third kappa shape index (κ3) is 2.07. The summed E-state index contributed by atoms with van der Waals surface area (Å²) in [5.41, 5.74) is 5.65. The Morgan fingerprint density at radius 2 is 2.46 bits per heavy atom. The van der Waals surface area contributed by atoms with Crippen LogP contribution in [0.25, 0.3) is 0 Å². The van der Waals surface area contributed by atoms with Crippen LogP contribution in [0, 0.1) is 4.77 Å². The van der Waals surface area contributed by atoms with Gasteiger partial charge in [-0.1, -0.05) is 6.92 Å². The molecule has 1 rings (SSSR count). The SMILES string of the molecule is CCC(COC)n1c(N)n[nH]c1=S. The molecule has 0 spiro atoms. The lowest BCUT2D eigenvalue weighted by Gasteiger charge is -2.15. The summed E-state index contributed by atoms with van der Waals surface area (Å²) in [6, 6.07) is 0.163. The van der Waals surface area contributed by atoms with Gasteiger partial charge in [-0.15, -0.1) is 5.10 Å². The number of nitrogens with two attached hydrogens (primary N) is 1. The second kappa shape index (κ2) is 4.38. The first-order valence-electron chi connectivity index (χ1n) is 4.12. The third-order valence-electron chi connectivity index (χ3n) is 1.93. The molecule has 1 unspecified atom stereocenters. The fourth-order valence-electron chi connectivity index (χ4n) is 1.24. The number of H-pyrrole nitrogens is 1. The molecule has 0 bridgehead atoms. The van der Waals surface area contributed by atoms with Gasteiger partial charge in [-0.3, -0.25) is 4.57 Å². The van der Waals surface area contributed by atoms with E-state index in [0.717, 1.165) is 6.42 Å². The van der Waals surface area contributed by atoms with Crippen molar-refractivity contribution < 1.29 is 4.74 Å². The fourth-order valence-corrected chi connectivity index (χ4v) is 1.53. The lowest BCUT2D eigenvalue weighted by Crippen LogP contribution is -2.16. The second-order valence-corrected chi connectivity index (χ2v) is 3.16. The van der Waals surface area contributed by atoms with Crippen LogP contribution in [-0.4, -0.2) is 28.5 Å². The Morgan fingerprint density at radius 1 is 1.77 bits per heavy atom. The van der Waals surface area contributed by atoms with Crippen molar-refractivity contribution in [3.05, 3.63) is 4.77 Å². The number of aromatic nitrogens is 3. The van der Waals surface area contributed by atoms with Crippen molar-refractivity contribution in [2.24, 2.45) is 0 Å². The summed E-state index contributed by atoms with van der Waals surface area (Å²) < 4.78 is 7.38. The maximum Gasteiger partial charge on any atom is 0.220 e. The van der Waals surface area contributed by atoms with Crippen molar-refractivity contribution in [3.63, 3.8) is 0 Å². The Kier molecular flexibility index (Phi) is 3.44. The molecule has 0 aromatic carbocycles. The zero-order chi connectivity index (χ0) is 9.84. The summed E-state index contributed by atoms with van der Waals surface area (Å²) in [6.07, 6.45) is 0.909. The van der Waals surface area contributed by atoms with Crippen LogP contribution >= 0.6 is 12.2 Å². The molecule has 0 aliphatic carbocycles. The molecule has 0 saturated heterocycles. The molecule has 5 nitrogen and oxygen atoms in total. The number of hydrogen-bond donors (Lipinski definition) is 2. The highest BCUT2D eigenvalue weighted by Crippen LogP contribution is 2.15. The molecule has 74 valence electrons. The van der Waals surface area contributed by atoms with Crippen LogP contribution in [0.5, 0.6) is 0 Å². The van der Waals surface area contributed by atoms with Crippen LogP contribution in [0.1, 0.15) is 19.4 Å². The number of anilines is 1. The van der Waals surface area contributed by atoms with Gasteiger partial charge in [0.25, 0.3) is 0 Å². The van der Waals surface area contributed by atoms with Gasteiger partial charge in [-0.2, -0.15) is 0 Å². The van der Waals surface area contributed by atoms with Gasteiger partial charge in [0, 0.05) is 7.11 Å². The zero-order valence-electron chi connectivity index (χ0n) is 7.78. The van der Waals surface area contributed by atoms with Gasteiger partial charge in [-0.05, 0) is 18.6 Å². The van der Waals surface area contributed by atoms with Crippen LogP contribution in [0.3, 0.4) is 0 Å². The third-order valence-corrected chi connectivity index (χ3v) is 2.22. The highest BCUT2D eigenvalue weighted by atomic mass is 32.1. The highest BCUT2D eigenvalue weighted by Gasteiger charge is 2.12. The van der Waals surface area contributed by atoms with E-state index in [0.29, 0.717) is 17.3 Å². The number of nitrogens with one attached hydrogen (secondary N) is 1. The standard InChI is InChI=1S/C7H14N4OS/c1-3-5(4-12-2)11-6(8)9-10-7(11)13/h5H,3-4H2,1-2H3,(H2,8,9)(H,10,13). The Hall–Kier alpha value is -0.880. The van der Waals surface area contributed by atoms with E-state index in [1.54, 1.807) is 11.7 Å². The number of ether oxygens (including phenoxy) is 1. The number of hydrogen-bond acceptors (Lipinski definition) is 4. The molecule has 0 radical (unpaired) electrons. The van der Waals surface area contributed by atoms with E-state index in [1.165, 1.54) is 0 Å². The number of nitrogens with zero attached hydrogens (tertiary/aromatic N) is 2. The number of aromatic amines is 1. The predicted octanol–water partition coefficient (Wildman–Crippen LogP) is 1.12. The molecule has 0 aliphatic heterocycles. The molecule has 3 N–H and O–H groups in total. The second-order valence-electron chi connectivity index (χ2n) is 2.77. The smallest absolute Gasteiger partial charge is 0.220 e. The van der Waals surface area contributed by atoms with E-state index in [2.05, 4.69) is 17.1 Å². The van der Waals surface area contributed by atoms with Crippen LogP contribution < -0.4 is 5.73 Å². The topological polar surface area (TPSA) is 68.9 Å². The van der Waals surface area contributed by atoms with Crippen molar-refractivity contribution in [2.75, 3.05) is 19.5 Å². The molecule has 1 aromatic heterocycles. The van der Waals surface area contributed by atoms with E-state index in [9.17, 15) is 0 Å². The van der Waals surface area contributed by atoms with E-state index < -0.39 is 0 Å². The van der Waals surface area contributed by atoms with Gasteiger partial charge in [0.1, 0.15) is 0 Å². The van der Waals surface area contributed by atoms with E-state index in [-0.39, 0.29) is 6.04 Å². The molecule has 0 fully saturated rings. The van der Waals surface area contributed by atoms with Crippen molar-refractivity contribution in [3.8, 4) is 0 Å². The molecule has 1 heterocycles. The minimum absolute atomic E-state index is 0.163. The molecular formula is C7H14N4OS. The minimum Gasteiger partial charge on any atom is -0.383 e. The van der Waals surface area contributed by atoms with E-state index in [4.69, 9.17) is 22.7 Å². The molecule has 0 saturated carbocycles. The maximum absolute atomic E-state index is 5.65. The van der Waals surface area contributed by atoms with E-state index in [1.807, 2.05) is 0 Å². The Balaban J connectivity index is 2.96. The molecular weight excluding hydrogens is 188 g/mol. The van der Waals surface area contributed by atoms with Crippen LogP contribution in [-0.2, 0) is 4.74 Å². The van der Waals surface area contributed by atoms with Gasteiger partial charge in [0.2, 0.25) is 5.95 Å². The molecule has 0 aliphatic rings. The lowest BCUT2D eigenvalue weighted by atomic mass is 10.2. The summed E-state index contributed by atoms with van der Waals surface area (Å²) in [6.45, 7) is 2.65. The predicted molar refractivity (Wildman–Crippen MR) is 53.0 cm³/mol. The number of rotatable bonds is 4. The zero-order valence-corrected chi connectivity index (χ0v) is 8.60. The monoisotopic (exact) mass is 202 g/mol. The van der Waals surface area contributed by atoms with Gasteiger partial charge in [-0.25, -0.2) is 5.10 Å². The molecule has 13 heavy (non-hydrogen) atoms. The first kappa shape index (κ1) is 10.2. The molecule has 1 aromatic rings. The van der Waals surface area contributed by atoms with Crippen molar-refractivity contribution in [1.82, 2.24) is 14.8 Å². The van der Waals surface area contributed by atoms with Gasteiger partial charge < -0.3 is 10.5 Å². The van der Waals surface area contributed by atoms with Crippen LogP contribution in [0.4, 0.5) is 5.95 Å². The molecule has 1 atom stereocenters. The summed E-state index contributed by atoms with van der Waals surface area (Å²) in [4.78, 5) is 0. The van der Waals surface area contributed by atoms with Gasteiger partial charge in [0.05, 0.1) is 12.6 Å². The maximum atomic E-state index is 5.65. The van der Waals surface area contributed by atoms with Crippen LogP contribution in [0.15, 0.2) is 0 Å². The van der Waals surface area contributed by atoms with Crippen molar-refractivity contribution in [2.45, 2.75) is 19.4 Å². The summed E-state index contributed by atoms with van der Waals surface area (Å²) in [5.74, 6) is 0.411. The molecule has 0 amide bonds. The van der Waals surface area contributed by atoms with Gasteiger partial charge >= 0.3 is 0 Å². The first-order chi connectivity index (χ1) is 6.20. The van der Waals surface area contributed by atoms with Crippen LogP contribution in [0.2, 0.25) is 0 Å². The number of nitrogen functional groups attached to an aromatic ring is 1. The largest absolute Gasteiger partial charge is 0.383 e.